The third-order valence-electron chi connectivity index (χ3n) is 5.01. The van der Waals surface area contributed by atoms with Crippen LogP contribution in [0.5, 0.6) is 11.5 Å². The zero-order valence-corrected chi connectivity index (χ0v) is 18.3. The monoisotopic (exact) mass is 465 g/mol. The number of unbranched alkanes of at least 4 members (excludes halogenated alkanes) is 1. The first-order chi connectivity index (χ1) is 15.2. The molecule has 170 valence electrons. The van der Waals surface area contributed by atoms with Gasteiger partial charge in [0.15, 0.2) is 0 Å². The Morgan fingerprint density at radius 2 is 1.88 bits per heavy atom. The van der Waals surface area contributed by atoms with Crippen molar-refractivity contribution in [3.8, 4) is 11.5 Å². The zero-order valence-electron chi connectivity index (χ0n) is 17.5. The molecule has 0 saturated carbocycles. The van der Waals surface area contributed by atoms with Crippen LogP contribution in [0.2, 0.25) is 5.02 Å². The largest absolute Gasteiger partial charge is 0.506 e. The number of carbonyl (C=O) groups excluding carboxylic acids is 2. The molecule has 0 bridgehead atoms. The molecule has 3 aromatic rings. The Labute approximate surface area is 188 Å². The molecule has 0 aliphatic carbocycles. The number of nitrogens with zero attached hydrogens (tertiary/aromatic N) is 1. The number of alkyl halides is 2. The predicted molar refractivity (Wildman–Crippen MR) is 116 cm³/mol. The van der Waals surface area contributed by atoms with Crippen LogP contribution in [0.3, 0.4) is 0 Å². The highest BCUT2D eigenvalue weighted by molar-refractivity contribution is 6.33. The van der Waals surface area contributed by atoms with Gasteiger partial charge in [-0.3, -0.25) is 14.2 Å². The first-order valence-corrected chi connectivity index (χ1v) is 10.4. The summed E-state index contributed by atoms with van der Waals surface area (Å²) in [6, 6.07) is 8.12. The van der Waals surface area contributed by atoms with Gasteiger partial charge in [0.2, 0.25) is 0 Å². The second-order valence-electron chi connectivity index (χ2n) is 7.18. The highest BCUT2D eigenvalue weighted by atomic mass is 35.5. The van der Waals surface area contributed by atoms with Gasteiger partial charge in [0.25, 0.3) is 5.91 Å². The molecule has 32 heavy (non-hydrogen) atoms. The second-order valence-corrected chi connectivity index (χ2v) is 7.59. The maximum Gasteiger partial charge on any atom is 0.387 e. The van der Waals surface area contributed by atoms with Crippen LogP contribution in [0.4, 0.5) is 8.78 Å². The lowest BCUT2D eigenvalue weighted by atomic mass is 10.1. The molecule has 1 N–H and O–H groups in total. The minimum atomic E-state index is -2.97. The summed E-state index contributed by atoms with van der Waals surface area (Å²) in [5, 5.41) is 10.6. The van der Waals surface area contributed by atoms with E-state index in [9.17, 15) is 23.5 Å². The van der Waals surface area contributed by atoms with Crippen LogP contribution in [0.15, 0.2) is 36.4 Å². The fourth-order valence-electron chi connectivity index (χ4n) is 3.41. The predicted octanol–water partition coefficient (Wildman–Crippen LogP) is 5.48. The first kappa shape index (κ1) is 23.5. The Bertz CT molecular complexity index is 1140. The fraction of sp³-hybridized carbons (Fsp3) is 0.304. The van der Waals surface area contributed by atoms with E-state index < -0.39 is 18.5 Å². The van der Waals surface area contributed by atoms with Crippen molar-refractivity contribution < 1.29 is 33.0 Å². The van der Waals surface area contributed by atoms with Gasteiger partial charge in [-0.1, -0.05) is 24.9 Å². The van der Waals surface area contributed by atoms with Gasteiger partial charge in [-0.05, 0) is 55.3 Å². The van der Waals surface area contributed by atoms with E-state index in [-0.39, 0.29) is 28.5 Å². The number of aromatic hydroxyl groups is 1. The number of phenolic OH excluding ortho intramolecular Hbond substituents is 1. The summed E-state index contributed by atoms with van der Waals surface area (Å²) in [5.74, 6) is -1.16. The molecule has 0 aliphatic rings. The fourth-order valence-corrected chi connectivity index (χ4v) is 3.57. The van der Waals surface area contributed by atoms with Gasteiger partial charge in [-0.15, -0.1) is 0 Å². The molecule has 9 heteroatoms. The Morgan fingerprint density at radius 3 is 2.50 bits per heavy atom. The van der Waals surface area contributed by atoms with Crippen LogP contribution in [0, 0.1) is 6.92 Å². The summed E-state index contributed by atoms with van der Waals surface area (Å²) in [6.07, 6.45) is 1.54. The molecular weight excluding hydrogens is 444 g/mol. The van der Waals surface area contributed by atoms with Crippen molar-refractivity contribution in [2.75, 3.05) is 6.61 Å². The van der Waals surface area contributed by atoms with Crippen LogP contribution >= 0.6 is 11.6 Å². The number of hydrogen-bond acceptors (Lipinski definition) is 5. The molecule has 0 unspecified atom stereocenters. The van der Waals surface area contributed by atoms with E-state index in [1.165, 1.54) is 41.0 Å². The average Bonchev–Trinajstić information content (AvgIpc) is 2.99. The molecule has 0 fully saturated rings. The molecule has 3 rings (SSSR count). The molecule has 2 aromatic carbocycles. The van der Waals surface area contributed by atoms with Crippen molar-refractivity contribution in [2.24, 2.45) is 0 Å². The number of rotatable bonds is 8. The van der Waals surface area contributed by atoms with Crippen molar-refractivity contribution in [3.05, 3.63) is 58.2 Å². The topological polar surface area (TPSA) is 77.8 Å². The summed E-state index contributed by atoms with van der Waals surface area (Å²) in [6.45, 7) is 0.985. The molecule has 0 radical (unpaired) electrons. The van der Waals surface area contributed by atoms with Gasteiger partial charge in [0, 0.05) is 16.6 Å². The van der Waals surface area contributed by atoms with Gasteiger partial charge in [0.1, 0.15) is 11.5 Å². The number of halogens is 3. The number of phenols is 1. The molecule has 0 spiro atoms. The van der Waals surface area contributed by atoms with Gasteiger partial charge in [-0.25, -0.2) is 0 Å². The zero-order chi connectivity index (χ0) is 23.4. The number of ether oxygens (including phenoxy) is 2. The van der Waals surface area contributed by atoms with E-state index >= 15 is 0 Å². The van der Waals surface area contributed by atoms with E-state index in [0.29, 0.717) is 28.8 Å². The van der Waals surface area contributed by atoms with Gasteiger partial charge in [-0.2, -0.15) is 8.78 Å². The lowest BCUT2D eigenvalue weighted by Gasteiger charge is -2.09. The van der Waals surface area contributed by atoms with E-state index in [1.54, 1.807) is 6.92 Å². The number of aromatic nitrogens is 1. The third-order valence-corrected chi connectivity index (χ3v) is 5.32. The maximum absolute atomic E-state index is 13.3. The maximum atomic E-state index is 13.3. The molecular formula is C23H22ClF2NO5. The standard InChI is InChI=1S/C23H22ClF2NO5/c1-3-4-9-31-21(29)11-16-13(2)27(19-12-18(24)20(28)10-17(16)19)22(30)14-5-7-15(8-6-14)32-23(25)26/h5-8,10,12,23,28H,3-4,9,11H2,1-2H3. The molecule has 6 nitrogen and oxygen atoms in total. The molecule has 0 atom stereocenters. The third kappa shape index (κ3) is 5.02. The quantitative estimate of drug-likeness (QED) is 0.352. The van der Waals surface area contributed by atoms with Gasteiger partial charge in [0.05, 0.1) is 23.6 Å². The van der Waals surface area contributed by atoms with Gasteiger partial charge < -0.3 is 14.6 Å². The van der Waals surface area contributed by atoms with Crippen LogP contribution in [0.1, 0.15) is 41.4 Å². The van der Waals surface area contributed by atoms with Crippen molar-refractivity contribution in [3.63, 3.8) is 0 Å². The number of hydrogen-bond donors (Lipinski definition) is 1. The smallest absolute Gasteiger partial charge is 0.387 e. The SMILES string of the molecule is CCCCOC(=O)Cc1c(C)n(C(=O)c2ccc(OC(F)F)cc2)c2cc(Cl)c(O)cc12. The highest BCUT2D eigenvalue weighted by Crippen LogP contribution is 2.35. The van der Waals surface area contributed by atoms with E-state index in [4.69, 9.17) is 16.3 Å². The van der Waals surface area contributed by atoms with E-state index in [0.717, 1.165) is 12.8 Å². The Morgan fingerprint density at radius 1 is 1.19 bits per heavy atom. The molecule has 0 aliphatic heterocycles. The Kier molecular flexibility index (Phi) is 7.35. The van der Waals surface area contributed by atoms with Crippen molar-refractivity contribution in [2.45, 2.75) is 39.7 Å². The minimum Gasteiger partial charge on any atom is -0.506 e. The molecule has 1 aromatic heterocycles. The normalized spacial score (nSPS) is 11.2. The van der Waals surface area contributed by atoms with Crippen molar-refractivity contribution >= 4 is 34.4 Å². The molecule has 1 heterocycles. The van der Waals surface area contributed by atoms with Crippen LogP contribution in [-0.2, 0) is 16.0 Å². The van der Waals surface area contributed by atoms with Crippen LogP contribution in [-0.4, -0.2) is 34.8 Å². The van der Waals surface area contributed by atoms with Crippen molar-refractivity contribution in [1.82, 2.24) is 4.57 Å². The molecule has 0 saturated heterocycles. The minimum absolute atomic E-state index is 0.0433. The summed E-state index contributed by atoms with van der Waals surface area (Å²) in [4.78, 5) is 25.6. The Hall–Kier alpha value is -3.13. The summed E-state index contributed by atoms with van der Waals surface area (Å²) >= 11 is 6.08. The number of esters is 1. The lowest BCUT2D eigenvalue weighted by Crippen LogP contribution is -2.15. The van der Waals surface area contributed by atoms with E-state index in [2.05, 4.69) is 4.74 Å². The molecule has 0 amide bonds. The summed E-state index contributed by atoms with van der Waals surface area (Å²) < 4.78 is 35.7. The number of benzene rings is 2. The average molecular weight is 466 g/mol. The van der Waals surface area contributed by atoms with Crippen LogP contribution in [0.25, 0.3) is 10.9 Å². The first-order valence-electron chi connectivity index (χ1n) is 10.0. The summed E-state index contributed by atoms with van der Waals surface area (Å²) in [5.41, 5.74) is 1.62. The highest BCUT2D eigenvalue weighted by Gasteiger charge is 2.23. The summed E-state index contributed by atoms with van der Waals surface area (Å²) in [7, 11) is 0. The Balaban J connectivity index is 2.02. The lowest BCUT2D eigenvalue weighted by molar-refractivity contribution is -0.142. The van der Waals surface area contributed by atoms with Crippen molar-refractivity contribution in [1.29, 1.82) is 0 Å². The second kappa shape index (κ2) is 9.99. The van der Waals surface area contributed by atoms with Crippen LogP contribution < -0.4 is 4.74 Å². The number of carbonyl (C=O) groups is 2. The van der Waals surface area contributed by atoms with Gasteiger partial charge >= 0.3 is 12.6 Å². The number of fused-ring (bicyclic) bond motifs is 1. The van der Waals surface area contributed by atoms with E-state index in [1.807, 2.05) is 6.92 Å².